The van der Waals surface area contributed by atoms with Gasteiger partial charge in [0.2, 0.25) is 0 Å². The second-order valence-corrected chi connectivity index (χ2v) is 8.26. The van der Waals surface area contributed by atoms with Crippen molar-refractivity contribution in [2.24, 2.45) is 0 Å². The van der Waals surface area contributed by atoms with Crippen LogP contribution < -0.4 is 15.1 Å². The standard InChI is InChI=1S/C22H20BrN5O/c1-14-4-2-5-15(12-14)17-8-9-18-21(24-17)28(16-10-11-27(18)13-16)22(29)26-20-7-3-6-19(23)25-20/h2-9,12,16H,10-11,13H2,1H3,(H,25,26,29)/t16-/m0/s1. The Morgan fingerprint density at radius 3 is 2.83 bits per heavy atom. The monoisotopic (exact) mass is 449 g/mol. The minimum atomic E-state index is -0.197. The molecule has 5 rings (SSSR count). The molecule has 1 atom stereocenters. The van der Waals surface area contributed by atoms with Crippen molar-refractivity contribution in [1.82, 2.24) is 9.97 Å². The van der Waals surface area contributed by atoms with Gasteiger partial charge < -0.3 is 4.90 Å². The highest BCUT2D eigenvalue weighted by Crippen LogP contribution is 2.40. The van der Waals surface area contributed by atoms with E-state index in [4.69, 9.17) is 4.98 Å². The zero-order chi connectivity index (χ0) is 20.0. The van der Waals surface area contributed by atoms with Gasteiger partial charge in [0, 0.05) is 18.7 Å². The molecule has 6 nitrogen and oxygen atoms in total. The smallest absolute Gasteiger partial charge is 0.329 e. The molecule has 7 heteroatoms. The Hall–Kier alpha value is -2.93. The number of aryl methyl sites for hydroxylation is 1. The van der Waals surface area contributed by atoms with Crippen LogP contribution in [0.25, 0.3) is 11.3 Å². The third-order valence-electron chi connectivity index (χ3n) is 5.43. The predicted octanol–water partition coefficient (Wildman–Crippen LogP) is 4.85. The molecule has 2 aromatic heterocycles. The number of carbonyl (C=O) groups excluding carboxylic acids is 1. The van der Waals surface area contributed by atoms with Crippen LogP contribution in [0.3, 0.4) is 0 Å². The highest BCUT2D eigenvalue weighted by atomic mass is 79.9. The van der Waals surface area contributed by atoms with Gasteiger partial charge >= 0.3 is 6.03 Å². The lowest BCUT2D eigenvalue weighted by Crippen LogP contribution is -2.48. The predicted molar refractivity (Wildman–Crippen MR) is 118 cm³/mol. The Kier molecular flexibility index (Phi) is 4.47. The first-order chi connectivity index (χ1) is 14.1. The molecule has 0 unspecified atom stereocenters. The number of amides is 2. The summed E-state index contributed by atoms with van der Waals surface area (Å²) >= 11 is 3.35. The number of pyridine rings is 2. The number of carbonyl (C=O) groups is 1. The number of hydrogen-bond donors (Lipinski definition) is 1. The van der Waals surface area contributed by atoms with Crippen molar-refractivity contribution in [2.45, 2.75) is 19.4 Å². The van der Waals surface area contributed by atoms with E-state index in [9.17, 15) is 4.79 Å². The zero-order valence-corrected chi connectivity index (χ0v) is 17.6. The molecule has 146 valence electrons. The van der Waals surface area contributed by atoms with E-state index in [1.165, 1.54) is 5.56 Å². The second kappa shape index (κ2) is 7.15. The van der Waals surface area contributed by atoms with Gasteiger partial charge in [-0.05, 0) is 59.6 Å². The van der Waals surface area contributed by atoms with Crippen molar-refractivity contribution in [3.63, 3.8) is 0 Å². The van der Waals surface area contributed by atoms with E-state index in [-0.39, 0.29) is 12.1 Å². The summed E-state index contributed by atoms with van der Waals surface area (Å²) in [5.74, 6) is 1.23. The van der Waals surface area contributed by atoms with Gasteiger partial charge in [-0.2, -0.15) is 0 Å². The number of hydrogen-bond acceptors (Lipinski definition) is 4. The lowest BCUT2D eigenvalue weighted by Gasteiger charge is -2.35. The van der Waals surface area contributed by atoms with E-state index in [0.717, 1.165) is 36.5 Å². The molecule has 0 radical (unpaired) electrons. The third-order valence-corrected chi connectivity index (χ3v) is 5.88. The van der Waals surface area contributed by atoms with Crippen LogP contribution in [0.2, 0.25) is 0 Å². The molecule has 2 aliphatic rings. The summed E-state index contributed by atoms with van der Waals surface area (Å²) in [7, 11) is 0. The van der Waals surface area contributed by atoms with Gasteiger partial charge in [-0.15, -0.1) is 0 Å². The van der Waals surface area contributed by atoms with Crippen molar-refractivity contribution < 1.29 is 4.79 Å². The number of halogens is 1. The molecule has 0 spiro atoms. The fourth-order valence-corrected chi connectivity index (χ4v) is 4.43. The summed E-state index contributed by atoms with van der Waals surface area (Å²) in [5.41, 5.74) is 4.11. The Balaban J connectivity index is 1.53. The van der Waals surface area contributed by atoms with Crippen LogP contribution in [0.15, 0.2) is 59.2 Å². The quantitative estimate of drug-likeness (QED) is 0.568. The molecule has 1 aromatic carbocycles. The first kappa shape index (κ1) is 18.1. The summed E-state index contributed by atoms with van der Waals surface area (Å²) in [6, 6.07) is 17.8. The van der Waals surface area contributed by atoms with Crippen LogP contribution in [0.5, 0.6) is 0 Å². The lowest BCUT2D eigenvalue weighted by molar-refractivity contribution is 0.254. The molecule has 29 heavy (non-hydrogen) atoms. The molecule has 0 saturated carbocycles. The van der Waals surface area contributed by atoms with E-state index in [0.29, 0.717) is 16.2 Å². The summed E-state index contributed by atoms with van der Waals surface area (Å²) in [5, 5.41) is 2.93. The summed E-state index contributed by atoms with van der Waals surface area (Å²) < 4.78 is 0.682. The Labute approximate surface area is 177 Å². The van der Waals surface area contributed by atoms with Crippen LogP contribution in [-0.2, 0) is 0 Å². The minimum absolute atomic E-state index is 0.106. The van der Waals surface area contributed by atoms with Gasteiger partial charge in [-0.3, -0.25) is 10.2 Å². The van der Waals surface area contributed by atoms with Gasteiger partial charge in [0.15, 0.2) is 5.82 Å². The maximum absolute atomic E-state index is 13.2. The third kappa shape index (κ3) is 3.35. The minimum Gasteiger partial charge on any atom is -0.366 e. The van der Waals surface area contributed by atoms with Crippen molar-refractivity contribution in [3.05, 3.63) is 64.8 Å². The number of nitrogens with zero attached hydrogens (tertiary/aromatic N) is 4. The normalized spacial score (nSPS) is 17.2. The molecule has 0 aliphatic carbocycles. The molecule has 4 heterocycles. The van der Waals surface area contributed by atoms with Gasteiger partial charge in [-0.1, -0.05) is 29.8 Å². The molecular weight excluding hydrogens is 430 g/mol. The van der Waals surface area contributed by atoms with Crippen molar-refractivity contribution in [2.75, 3.05) is 28.2 Å². The molecular formula is C22H20BrN5O. The van der Waals surface area contributed by atoms with E-state index in [1.54, 1.807) is 11.0 Å². The number of rotatable bonds is 2. The SMILES string of the molecule is Cc1cccc(-c2ccc3c(n2)N(C(=O)Nc2cccc(Br)n2)[C@H]2CCN3C2)c1. The van der Waals surface area contributed by atoms with Crippen molar-refractivity contribution >= 4 is 39.3 Å². The van der Waals surface area contributed by atoms with E-state index < -0.39 is 0 Å². The van der Waals surface area contributed by atoms with Gasteiger partial charge in [0.25, 0.3) is 0 Å². The lowest BCUT2D eigenvalue weighted by atomic mass is 10.1. The number of anilines is 3. The van der Waals surface area contributed by atoms with Crippen LogP contribution in [0.4, 0.5) is 22.1 Å². The largest absolute Gasteiger partial charge is 0.366 e. The number of benzene rings is 1. The first-order valence-corrected chi connectivity index (χ1v) is 10.4. The van der Waals surface area contributed by atoms with E-state index in [2.05, 4.69) is 62.3 Å². The molecule has 3 aromatic rings. The highest BCUT2D eigenvalue weighted by molar-refractivity contribution is 9.10. The molecule has 1 N–H and O–H groups in total. The molecule has 2 amide bonds. The van der Waals surface area contributed by atoms with Crippen molar-refractivity contribution in [3.8, 4) is 11.3 Å². The number of nitrogens with one attached hydrogen (secondary N) is 1. The fraction of sp³-hybridized carbons (Fsp3) is 0.227. The fourth-order valence-electron chi connectivity index (χ4n) is 4.08. The molecule has 1 fully saturated rings. The highest BCUT2D eigenvalue weighted by Gasteiger charge is 2.40. The molecule has 1 saturated heterocycles. The summed E-state index contributed by atoms with van der Waals surface area (Å²) in [6.07, 6.45) is 0.926. The number of fused-ring (bicyclic) bond motifs is 4. The Morgan fingerprint density at radius 2 is 2.00 bits per heavy atom. The average molecular weight is 450 g/mol. The number of urea groups is 1. The van der Waals surface area contributed by atoms with Crippen LogP contribution in [-0.4, -0.2) is 35.1 Å². The molecule has 2 aliphatic heterocycles. The number of aromatic nitrogens is 2. The topological polar surface area (TPSA) is 61.4 Å². The van der Waals surface area contributed by atoms with Crippen molar-refractivity contribution in [1.29, 1.82) is 0 Å². The average Bonchev–Trinajstić information content (AvgIpc) is 3.12. The summed E-state index contributed by atoms with van der Waals surface area (Å²) in [4.78, 5) is 26.6. The van der Waals surface area contributed by atoms with Crippen LogP contribution >= 0.6 is 15.9 Å². The molecule has 2 bridgehead atoms. The Morgan fingerprint density at radius 1 is 1.14 bits per heavy atom. The maximum atomic E-state index is 13.2. The van der Waals surface area contributed by atoms with Gasteiger partial charge in [-0.25, -0.2) is 14.8 Å². The van der Waals surface area contributed by atoms with Gasteiger partial charge in [0.05, 0.1) is 17.4 Å². The van der Waals surface area contributed by atoms with Gasteiger partial charge in [0.1, 0.15) is 10.4 Å². The van der Waals surface area contributed by atoms with Crippen LogP contribution in [0.1, 0.15) is 12.0 Å². The summed E-state index contributed by atoms with van der Waals surface area (Å²) in [6.45, 7) is 3.83. The van der Waals surface area contributed by atoms with E-state index >= 15 is 0 Å². The first-order valence-electron chi connectivity index (χ1n) is 9.64. The van der Waals surface area contributed by atoms with Crippen LogP contribution in [0, 0.1) is 6.92 Å². The second-order valence-electron chi connectivity index (χ2n) is 7.44. The zero-order valence-electron chi connectivity index (χ0n) is 16.0. The van der Waals surface area contributed by atoms with E-state index in [1.807, 2.05) is 24.3 Å². The Bertz CT molecular complexity index is 1100. The maximum Gasteiger partial charge on any atom is 0.329 e.